The molecule has 2 aromatic rings. The van der Waals surface area contributed by atoms with Gasteiger partial charge in [-0.3, -0.25) is 0 Å². The Morgan fingerprint density at radius 1 is 1.09 bits per heavy atom. The summed E-state index contributed by atoms with van der Waals surface area (Å²) in [6.07, 6.45) is 2.85. The number of fused-ring (bicyclic) bond motifs is 2. The predicted octanol–water partition coefficient (Wildman–Crippen LogP) is 3.33. The van der Waals surface area contributed by atoms with Crippen molar-refractivity contribution in [2.45, 2.75) is 31.8 Å². The lowest BCUT2D eigenvalue weighted by Crippen LogP contribution is -2.19. The maximum Gasteiger partial charge on any atom is 0.165 e. The summed E-state index contributed by atoms with van der Waals surface area (Å²) in [5, 5.41) is 13.6. The Hall–Kier alpha value is -2.20. The molecule has 4 heteroatoms. The van der Waals surface area contributed by atoms with Gasteiger partial charge >= 0.3 is 0 Å². The second kappa shape index (κ2) is 6.13. The first-order chi connectivity index (χ1) is 11.3. The lowest BCUT2D eigenvalue weighted by Gasteiger charge is -2.17. The highest BCUT2D eigenvalue weighted by molar-refractivity contribution is 5.47. The topological polar surface area (TPSA) is 50.7 Å². The molecule has 120 valence electrons. The van der Waals surface area contributed by atoms with Crippen LogP contribution < -0.4 is 14.8 Å². The van der Waals surface area contributed by atoms with E-state index in [4.69, 9.17) is 9.47 Å². The summed E-state index contributed by atoms with van der Waals surface area (Å²) in [6, 6.07) is 12.1. The number of aromatic hydroxyl groups is 1. The molecule has 1 aliphatic carbocycles. The van der Waals surface area contributed by atoms with Gasteiger partial charge in [0, 0.05) is 24.6 Å². The van der Waals surface area contributed by atoms with E-state index in [0.717, 1.165) is 48.4 Å². The Kier molecular flexibility index (Phi) is 3.83. The summed E-state index contributed by atoms with van der Waals surface area (Å²) >= 11 is 0. The Balaban J connectivity index is 1.52. The highest BCUT2D eigenvalue weighted by atomic mass is 16.5. The molecule has 4 nitrogen and oxygen atoms in total. The van der Waals surface area contributed by atoms with Crippen LogP contribution in [0.25, 0.3) is 0 Å². The van der Waals surface area contributed by atoms with Gasteiger partial charge in [0.05, 0.1) is 13.2 Å². The minimum Gasteiger partial charge on any atom is -0.508 e. The van der Waals surface area contributed by atoms with Gasteiger partial charge in [0.15, 0.2) is 11.5 Å². The van der Waals surface area contributed by atoms with Gasteiger partial charge in [0.2, 0.25) is 0 Å². The molecule has 0 fully saturated rings. The van der Waals surface area contributed by atoms with Crippen LogP contribution in [0, 0.1) is 0 Å². The second-order valence-corrected chi connectivity index (χ2v) is 6.11. The smallest absolute Gasteiger partial charge is 0.165 e. The molecule has 2 aliphatic rings. The minimum absolute atomic E-state index is 0.277. The highest BCUT2D eigenvalue weighted by Gasteiger charge is 2.24. The van der Waals surface area contributed by atoms with Gasteiger partial charge in [-0.25, -0.2) is 0 Å². The largest absolute Gasteiger partial charge is 0.508 e. The lowest BCUT2D eigenvalue weighted by atomic mass is 10.1. The quantitative estimate of drug-likeness (QED) is 0.913. The summed E-state index contributed by atoms with van der Waals surface area (Å²) in [5.41, 5.74) is 3.42. The van der Waals surface area contributed by atoms with Crippen molar-refractivity contribution in [1.82, 2.24) is 5.32 Å². The predicted molar refractivity (Wildman–Crippen MR) is 88.1 cm³/mol. The SMILES string of the molecule is Oc1cccc2c1CC[C@@H]2NCc1cccc2c1OCCCO2. The molecule has 0 bridgehead atoms. The zero-order valence-corrected chi connectivity index (χ0v) is 13.0. The fourth-order valence-corrected chi connectivity index (χ4v) is 3.47. The van der Waals surface area contributed by atoms with Gasteiger partial charge in [0.25, 0.3) is 0 Å². The highest BCUT2D eigenvalue weighted by Crippen LogP contribution is 2.37. The lowest BCUT2D eigenvalue weighted by molar-refractivity contribution is 0.295. The molecule has 0 unspecified atom stereocenters. The van der Waals surface area contributed by atoms with Crippen molar-refractivity contribution >= 4 is 0 Å². The number of para-hydroxylation sites is 1. The first kappa shape index (κ1) is 14.4. The normalized spacial score (nSPS) is 19.2. The van der Waals surface area contributed by atoms with Crippen LogP contribution in [0.4, 0.5) is 0 Å². The van der Waals surface area contributed by atoms with Gasteiger partial charge in [-0.15, -0.1) is 0 Å². The van der Waals surface area contributed by atoms with Crippen molar-refractivity contribution in [3.8, 4) is 17.2 Å². The Bertz CT molecular complexity index is 714. The molecule has 0 saturated heterocycles. The average molecular weight is 311 g/mol. The van der Waals surface area contributed by atoms with Crippen LogP contribution >= 0.6 is 0 Å². The van der Waals surface area contributed by atoms with E-state index >= 15 is 0 Å². The molecule has 1 heterocycles. The standard InChI is InChI=1S/C19H21NO3/c21-17-6-2-5-14-15(17)8-9-16(14)20-12-13-4-1-7-18-19(13)23-11-3-10-22-18/h1-2,4-7,16,20-21H,3,8-12H2/t16-/m0/s1. The number of hydrogen-bond acceptors (Lipinski definition) is 4. The third kappa shape index (κ3) is 2.75. The number of rotatable bonds is 3. The van der Waals surface area contributed by atoms with Gasteiger partial charge in [-0.05, 0) is 36.1 Å². The van der Waals surface area contributed by atoms with Crippen LogP contribution in [0.15, 0.2) is 36.4 Å². The number of hydrogen-bond donors (Lipinski definition) is 2. The van der Waals surface area contributed by atoms with E-state index in [1.165, 1.54) is 5.56 Å². The number of ether oxygens (including phenoxy) is 2. The summed E-state index contributed by atoms with van der Waals surface area (Å²) in [6.45, 7) is 2.13. The molecule has 2 N–H and O–H groups in total. The number of phenols is 1. The summed E-state index contributed by atoms with van der Waals surface area (Å²) in [5.74, 6) is 2.12. The zero-order valence-electron chi connectivity index (χ0n) is 13.0. The fraction of sp³-hybridized carbons (Fsp3) is 0.368. The van der Waals surface area contributed by atoms with Gasteiger partial charge in [-0.1, -0.05) is 24.3 Å². The average Bonchev–Trinajstić information content (AvgIpc) is 2.83. The molecule has 0 saturated carbocycles. The Morgan fingerprint density at radius 3 is 2.91 bits per heavy atom. The molecule has 1 aliphatic heterocycles. The van der Waals surface area contributed by atoms with E-state index in [0.29, 0.717) is 19.0 Å². The van der Waals surface area contributed by atoms with Crippen molar-refractivity contribution in [2.75, 3.05) is 13.2 Å². The van der Waals surface area contributed by atoms with Crippen LogP contribution in [-0.2, 0) is 13.0 Å². The molecule has 1 atom stereocenters. The molecule has 0 radical (unpaired) electrons. The summed E-state index contributed by atoms with van der Waals surface area (Å²) in [7, 11) is 0. The number of nitrogens with one attached hydrogen (secondary N) is 1. The molecule has 4 rings (SSSR count). The van der Waals surface area contributed by atoms with Crippen molar-refractivity contribution in [1.29, 1.82) is 0 Å². The minimum atomic E-state index is 0.277. The van der Waals surface area contributed by atoms with Gasteiger partial charge in [-0.2, -0.15) is 0 Å². The van der Waals surface area contributed by atoms with Crippen LogP contribution in [0.2, 0.25) is 0 Å². The second-order valence-electron chi connectivity index (χ2n) is 6.11. The first-order valence-corrected chi connectivity index (χ1v) is 8.24. The van der Waals surface area contributed by atoms with Gasteiger partial charge < -0.3 is 19.9 Å². The number of benzene rings is 2. The first-order valence-electron chi connectivity index (χ1n) is 8.24. The van der Waals surface area contributed by atoms with E-state index in [-0.39, 0.29) is 6.04 Å². The van der Waals surface area contributed by atoms with E-state index in [9.17, 15) is 5.11 Å². The third-order valence-corrected chi connectivity index (χ3v) is 4.64. The van der Waals surface area contributed by atoms with Crippen molar-refractivity contribution < 1.29 is 14.6 Å². The molecule has 2 aromatic carbocycles. The third-order valence-electron chi connectivity index (χ3n) is 4.64. The van der Waals surface area contributed by atoms with Crippen LogP contribution in [-0.4, -0.2) is 18.3 Å². The fourth-order valence-electron chi connectivity index (χ4n) is 3.47. The zero-order chi connectivity index (χ0) is 15.6. The maximum atomic E-state index is 9.96. The van der Waals surface area contributed by atoms with Crippen molar-refractivity contribution in [3.63, 3.8) is 0 Å². The monoisotopic (exact) mass is 311 g/mol. The molecular formula is C19H21NO3. The van der Waals surface area contributed by atoms with Crippen molar-refractivity contribution in [2.24, 2.45) is 0 Å². The maximum absolute atomic E-state index is 9.96. The Labute approximate surface area is 136 Å². The van der Waals surface area contributed by atoms with Crippen LogP contribution in [0.3, 0.4) is 0 Å². The number of phenolic OH excluding ortho intramolecular Hbond substituents is 1. The molecule has 0 aromatic heterocycles. The molecular weight excluding hydrogens is 290 g/mol. The van der Waals surface area contributed by atoms with Crippen LogP contribution in [0.5, 0.6) is 17.2 Å². The van der Waals surface area contributed by atoms with Crippen LogP contribution in [0.1, 0.15) is 35.6 Å². The molecule has 0 spiro atoms. The summed E-state index contributed by atoms with van der Waals surface area (Å²) in [4.78, 5) is 0. The van der Waals surface area contributed by atoms with Crippen molar-refractivity contribution in [3.05, 3.63) is 53.1 Å². The van der Waals surface area contributed by atoms with Gasteiger partial charge in [0.1, 0.15) is 5.75 Å². The molecule has 23 heavy (non-hydrogen) atoms. The van der Waals surface area contributed by atoms with E-state index in [2.05, 4.69) is 17.4 Å². The summed E-state index contributed by atoms with van der Waals surface area (Å²) < 4.78 is 11.6. The van der Waals surface area contributed by atoms with E-state index in [1.54, 1.807) is 6.07 Å². The van der Waals surface area contributed by atoms with E-state index in [1.807, 2.05) is 18.2 Å². The Morgan fingerprint density at radius 2 is 1.96 bits per heavy atom. The molecule has 0 amide bonds. The van der Waals surface area contributed by atoms with E-state index < -0.39 is 0 Å².